The van der Waals surface area contributed by atoms with Crippen LogP contribution in [0.25, 0.3) is 0 Å². The maximum absolute atomic E-state index is 12.0. The minimum Gasteiger partial charge on any atom is -0.444 e. The summed E-state index contributed by atoms with van der Waals surface area (Å²) in [5.74, 6) is 0.104. The van der Waals surface area contributed by atoms with E-state index in [9.17, 15) is 9.90 Å². The molecule has 2 N–H and O–H groups in total. The molecule has 1 amide bonds. The van der Waals surface area contributed by atoms with Crippen molar-refractivity contribution in [2.45, 2.75) is 18.4 Å². The first-order valence-corrected chi connectivity index (χ1v) is 7.70. The highest BCUT2D eigenvalue weighted by Gasteiger charge is 2.45. The van der Waals surface area contributed by atoms with Crippen molar-refractivity contribution in [3.05, 3.63) is 58.5 Å². The Balaban J connectivity index is 1.73. The summed E-state index contributed by atoms with van der Waals surface area (Å²) < 4.78 is 5.72. The topological polar surface area (TPSA) is 62.5 Å². The second-order valence-electron chi connectivity index (χ2n) is 5.35. The minimum atomic E-state index is -1.01. The number of halogens is 1. The largest absolute Gasteiger partial charge is 0.444 e. The van der Waals surface area contributed by atoms with E-state index in [-0.39, 0.29) is 24.1 Å². The first kappa shape index (κ1) is 14.4. The molecule has 2 aromatic rings. The van der Waals surface area contributed by atoms with Gasteiger partial charge in [-0.15, -0.1) is 0 Å². The van der Waals surface area contributed by atoms with E-state index in [1.165, 1.54) is 0 Å². The number of aliphatic hydroxyl groups is 1. The molecule has 1 atom stereocenters. The maximum atomic E-state index is 12.0. The van der Waals surface area contributed by atoms with Crippen molar-refractivity contribution in [2.75, 3.05) is 6.54 Å². The number of nitrogens with one attached hydrogen (secondary N) is 1. The Kier molecular flexibility index (Phi) is 3.87. The SMILES string of the molecule is O=C(NCC(O)(c1ccccc1)C1CC1)c1ccc(Br)o1. The van der Waals surface area contributed by atoms with E-state index < -0.39 is 5.60 Å². The van der Waals surface area contributed by atoms with Crippen LogP contribution in [0.5, 0.6) is 0 Å². The van der Waals surface area contributed by atoms with Crippen molar-refractivity contribution in [1.29, 1.82) is 0 Å². The Morgan fingerprint density at radius 2 is 2.00 bits per heavy atom. The Bertz CT molecular complexity index is 636. The third-order valence-corrected chi connectivity index (χ3v) is 4.27. The van der Waals surface area contributed by atoms with Gasteiger partial charge in [-0.25, -0.2) is 0 Å². The van der Waals surface area contributed by atoms with Crippen molar-refractivity contribution < 1.29 is 14.3 Å². The predicted molar refractivity (Wildman–Crippen MR) is 81.8 cm³/mol. The third-order valence-electron chi connectivity index (χ3n) is 3.84. The van der Waals surface area contributed by atoms with Crippen LogP contribution >= 0.6 is 15.9 Å². The zero-order valence-electron chi connectivity index (χ0n) is 11.4. The zero-order valence-corrected chi connectivity index (χ0v) is 13.0. The van der Waals surface area contributed by atoms with Gasteiger partial charge >= 0.3 is 0 Å². The smallest absolute Gasteiger partial charge is 0.287 e. The molecular formula is C16H16BrNO3. The van der Waals surface area contributed by atoms with Crippen LogP contribution in [0.15, 0.2) is 51.6 Å². The first-order valence-electron chi connectivity index (χ1n) is 6.91. The number of hydrogen-bond acceptors (Lipinski definition) is 3. The van der Waals surface area contributed by atoms with Crippen LogP contribution in [0.4, 0.5) is 0 Å². The van der Waals surface area contributed by atoms with Crippen LogP contribution in [0, 0.1) is 5.92 Å². The average Bonchev–Trinajstić information content (AvgIpc) is 3.28. The summed E-state index contributed by atoms with van der Waals surface area (Å²) in [5.41, 5.74) is -0.172. The van der Waals surface area contributed by atoms with E-state index in [1.807, 2.05) is 30.3 Å². The molecule has 3 rings (SSSR count). The second kappa shape index (κ2) is 5.66. The Labute approximate surface area is 131 Å². The van der Waals surface area contributed by atoms with Gasteiger partial charge in [-0.05, 0) is 52.4 Å². The summed E-state index contributed by atoms with van der Waals surface area (Å²) in [5, 5.41) is 13.7. The van der Waals surface area contributed by atoms with Gasteiger partial charge in [0.1, 0.15) is 5.60 Å². The van der Waals surface area contributed by atoms with Crippen molar-refractivity contribution in [1.82, 2.24) is 5.32 Å². The molecule has 1 fully saturated rings. The van der Waals surface area contributed by atoms with Crippen molar-refractivity contribution >= 4 is 21.8 Å². The first-order chi connectivity index (χ1) is 10.1. The Morgan fingerprint density at radius 3 is 2.57 bits per heavy atom. The Hall–Kier alpha value is -1.59. The molecule has 1 aliphatic rings. The molecule has 21 heavy (non-hydrogen) atoms. The van der Waals surface area contributed by atoms with Gasteiger partial charge in [0.2, 0.25) is 0 Å². The lowest BCUT2D eigenvalue weighted by molar-refractivity contribution is 0.0132. The number of rotatable bonds is 5. The number of carbonyl (C=O) groups is 1. The van der Waals surface area contributed by atoms with Gasteiger partial charge < -0.3 is 14.8 Å². The fourth-order valence-corrected chi connectivity index (χ4v) is 2.81. The van der Waals surface area contributed by atoms with Crippen LogP contribution in [0.3, 0.4) is 0 Å². The van der Waals surface area contributed by atoms with Crippen molar-refractivity contribution in [2.24, 2.45) is 5.92 Å². The molecule has 1 aliphatic carbocycles. The molecule has 1 aromatic carbocycles. The van der Waals surface area contributed by atoms with Gasteiger partial charge in [-0.2, -0.15) is 0 Å². The maximum Gasteiger partial charge on any atom is 0.287 e. The van der Waals surface area contributed by atoms with E-state index in [2.05, 4.69) is 21.2 Å². The molecule has 1 heterocycles. The van der Waals surface area contributed by atoms with Gasteiger partial charge in [0.25, 0.3) is 5.91 Å². The molecule has 1 aromatic heterocycles. The van der Waals surface area contributed by atoms with Crippen LogP contribution < -0.4 is 5.32 Å². The fraction of sp³-hybridized carbons (Fsp3) is 0.312. The number of hydrogen-bond donors (Lipinski definition) is 2. The quantitative estimate of drug-likeness (QED) is 0.871. The van der Waals surface area contributed by atoms with Gasteiger partial charge in [0, 0.05) is 0 Å². The second-order valence-corrected chi connectivity index (χ2v) is 6.13. The summed E-state index contributed by atoms with van der Waals surface area (Å²) in [4.78, 5) is 12.0. The molecule has 0 aliphatic heterocycles. The number of amides is 1. The summed E-state index contributed by atoms with van der Waals surface area (Å²) in [6.45, 7) is 0.179. The van der Waals surface area contributed by atoms with Gasteiger partial charge in [0.15, 0.2) is 10.4 Å². The lowest BCUT2D eigenvalue weighted by Crippen LogP contribution is -2.42. The molecule has 4 nitrogen and oxygen atoms in total. The molecule has 0 saturated heterocycles. The monoisotopic (exact) mass is 349 g/mol. The highest BCUT2D eigenvalue weighted by Crippen LogP contribution is 2.45. The predicted octanol–water partition coefficient (Wildman–Crippen LogP) is 3.07. The summed E-state index contributed by atoms with van der Waals surface area (Å²) >= 11 is 3.16. The zero-order chi connectivity index (χ0) is 14.9. The number of furan rings is 1. The van der Waals surface area contributed by atoms with Crippen LogP contribution in [-0.4, -0.2) is 17.6 Å². The molecule has 0 bridgehead atoms. The van der Waals surface area contributed by atoms with Gasteiger partial charge in [-0.1, -0.05) is 30.3 Å². The summed E-state index contributed by atoms with van der Waals surface area (Å²) in [7, 11) is 0. The third kappa shape index (κ3) is 3.04. The van der Waals surface area contributed by atoms with Crippen LogP contribution in [-0.2, 0) is 5.60 Å². The Morgan fingerprint density at radius 1 is 1.29 bits per heavy atom. The normalized spacial score (nSPS) is 17.2. The van der Waals surface area contributed by atoms with Crippen molar-refractivity contribution in [3.63, 3.8) is 0 Å². The van der Waals surface area contributed by atoms with E-state index in [0.717, 1.165) is 18.4 Å². The van der Waals surface area contributed by atoms with Crippen LogP contribution in [0.2, 0.25) is 0 Å². The molecule has 0 spiro atoms. The molecule has 1 saturated carbocycles. The van der Waals surface area contributed by atoms with E-state index >= 15 is 0 Å². The lowest BCUT2D eigenvalue weighted by Gasteiger charge is -2.29. The fourth-order valence-electron chi connectivity index (χ4n) is 2.51. The molecule has 1 unspecified atom stereocenters. The van der Waals surface area contributed by atoms with Crippen LogP contribution in [0.1, 0.15) is 29.0 Å². The van der Waals surface area contributed by atoms with E-state index in [4.69, 9.17) is 4.42 Å². The number of carbonyl (C=O) groups excluding carboxylic acids is 1. The molecular weight excluding hydrogens is 334 g/mol. The summed E-state index contributed by atoms with van der Waals surface area (Å²) in [6.07, 6.45) is 1.96. The molecule has 110 valence electrons. The van der Waals surface area contributed by atoms with E-state index in [0.29, 0.717) is 4.67 Å². The lowest BCUT2D eigenvalue weighted by atomic mass is 9.88. The number of benzene rings is 1. The highest BCUT2D eigenvalue weighted by molar-refractivity contribution is 9.10. The minimum absolute atomic E-state index is 0.179. The van der Waals surface area contributed by atoms with E-state index in [1.54, 1.807) is 12.1 Å². The molecule has 5 heteroatoms. The van der Waals surface area contributed by atoms with Gasteiger partial charge in [-0.3, -0.25) is 4.79 Å². The average molecular weight is 350 g/mol. The molecule has 0 radical (unpaired) electrons. The summed E-state index contributed by atoms with van der Waals surface area (Å²) in [6, 6.07) is 12.8. The highest BCUT2D eigenvalue weighted by atomic mass is 79.9. The standard InChI is InChI=1S/C16H16BrNO3/c17-14-9-8-13(21-14)15(19)18-10-16(20,12-6-7-12)11-4-2-1-3-5-11/h1-5,8-9,12,20H,6-7,10H2,(H,18,19). The van der Waals surface area contributed by atoms with Crippen molar-refractivity contribution in [3.8, 4) is 0 Å². The van der Waals surface area contributed by atoms with Gasteiger partial charge in [0.05, 0.1) is 6.54 Å².